The minimum Gasteiger partial charge on any atom is -0.348 e. The van der Waals surface area contributed by atoms with Crippen LogP contribution in [0.3, 0.4) is 0 Å². The van der Waals surface area contributed by atoms with Crippen LogP contribution in [-0.4, -0.2) is 11.4 Å². The summed E-state index contributed by atoms with van der Waals surface area (Å²) in [4.78, 5) is 11.8. The van der Waals surface area contributed by atoms with Crippen molar-refractivity contribution in [1.82, 2.24) is 5.32 Å². The Morgan fingerprint density at radius 1 is 1.47 bits per heavy atom. The second kappa shape index (κ2) is 5.27. The van der Waals surface area contributed by atoms with E-state index in [4.69, 9.17) is 5.73 Å². The van der Waals surface area contributed by atoms with Gasteiger partial charge in [0, 0.05) is 0 Å². The summed E-state index contributed by atoms with van der Waals surface area (Å²) in [6.45, 7) is 5.40. The van der Waals surface area contributed by atoms with Crippen molar-refractivity contribution in [3.8, 4) is 0 Å². The Morgan fingerprint density at radius 3 is 2.47 bits per heavy atom. The predicted molar refractivity (Wildman–Crippen MR) is 65.8 cm³/mol. The van der Waals surface area contributed by atoms with E-state index in [0.717, 1.165) is 5.56 Å². The van der Waals surface area contributed by atoms with Gasteiger partial charge in [0.2, 0.25) is 5.91 Å². The molecule has 0 aliphatic carbocycles. The first-order valence-corrected chi connectivity index (χ1v) is 5.72. The Kier molecular flexibility index (Phi) is 4.23. The molecule has 1 aromatic rings. The van der Waals surface area contributed by atoms with Gasteiger partial charge >= 0.3 is 0 Å². The second-order valence-electron chi connectivity index (χ2n) is 4.52. The largest absolute Gasteiger partial charge is 0.348 e. The van der Waals surface area contributed by atoms with E-state index in [1.54, 1.807) is 19.1 Å². The number of carbonyl (C=O) groups excluding carboxylic acids is 1. The average molecular weight is 238 g/mol. The van der Waals surface area contributed by atoms with Gasteiger partial charge in [0.1, 0.15) is 5.82 Å². The van der Waals surface area contributed by atoms with Crippen LogP contribution in [0.5, 0.6) is 0 Å². The van der Waals surface area contributed by atoms with Gasteiger partial charge in [-0.25, -0.2) is 4.39 Å². The molecule has 1 rings (SSSR count). The fourth-order valence-corrected chi connectivity index (χ4v) is 1.36. The maximum Gasteiger partial charge on any atom is 0.240 e. The molecule has 0 saturated heterocycles. The third-order valence-electron chi connectivity index (χ3n) is 2.97. The number of carbonyl (C=O) groups is 1. The van der Waals surface area contributed by atoms with Crippen molar-refractivity contribution < 1.29 is 9.18 Å². The number of amides is 1. The summed E-state index contributed by atoms with van der Waals surface area (Å²) in [5, 5.41) is 2.82. The van der Waals surface area contributed by atoms with E-state index in [1.165, 1.54) is 12.1 Å². The fourth-order valence-electron chi connectivity index (χ4n) is 1.36. The molecule has 0 spiro atoms. The van der Waals surface area contributed by atoms with Crippen LogP contribution in [0, 0.1) is 5.82 Å². The van der Waals surface area contributed by atoms with Gasteiger partial charge in [-0.3, -0.25) is 4.79 Å². The zero-order chi connectivity index (χ0) is 13.1. The zero-order valence-electron chi connectivity index (χ0n) is 10.5. The third-order valence-corrected chi connectivity index (χ3v) is 2.97. The van der Waals surface area contributed by atoms with E-state index in [1.807, 2.05) is 13.8 Å². The third kappa shape index (κ3) is 3.53. The van der Waals surface area contributed by atoms with Gasteiger partial charge in [0.05, 0.1) is 11.6 Å². The first kappa shape index (κ1) is 13.6. The van der Waals surface area contributed by atoms with Crippen LogP contribution in [0.2, 0.25) is 0 Å². The molecule has 0 saturated carbocycles. The molecule has 0 aliphatic heterocycles. The number of benzene rings is 1. The van der Waals surface area contributed by atoms with Crippen molar-refractivity contribution in [3.05, 3.63) is 35.6 Å². The lowest BCUT2D eigenvalue weighted by atomic mass is 9.98. The van der Waals surface area contributed by atoms with Crippen molar-refractivity contribution in [3.63, 3.8) is 0 Å². The lowest BCUT2D eigenvalue weighted by Crippen LogP contribution is -2.51. The van der Waals surface area contributed by atoms with Crippen LogP contribution in [-0.2, 0) is 4.79 Å². The number of nitrogens with two attached hydrogens (primary N) is 1. The van der Waals surface area contributed by atoms with Gasteiger partial charge in [-0.15, -0.1) is 0 Å². The Bertz CT molecular complexity index is 387. The molecular weight excluding hydrogens is 219 g/mol. The van der Waals surface area contributed by atoms with Crippen LogP contribution in [0.15, 0.2) is 24.3 Å². The molecule has 0 radical (unpaired) electrons. The molecule has 0 aromatic heterocycles. The minimum absolute atomic E-state index is 0.183. The predicted octanol–water partition coefficient (Wildman–Crippen LogP) is 2.13. The summed E-state index contributed by atoms with van der Waals surface area (Å²) in [6, 6.07) is 5.87. The maximum absolute atomic E-state index is 12.7. The van der Waals surface area contributed by atoms with E-state index >= 15 is 0 Å². The second-order valence-corrected chi connectivity index (χ2v) is 4.52. The molecule has 0 bridgehead atoms. The van der Waals surface area contributed by atoms with E-state index in [9.17, 15) is 9.18 Å². The number of hydrogen-bond acceptors (Lipinski definition) is 2. The van der Waals surface area contributed by atoms with E-state index < -0.39 is 5.54 Å². The van der Waals surface area contributed by atoms with Gasteiger partial charge in [-0.2, -0.15) is 0 Å². The van der Waals surface area contributed by atoms with Gasteiger partial charge < -0.3 is 11.1 Å². The lowest BCUT2D eigenvalue weighted by Gasteiger charge is -2.24. The summed E-state index contributed by atoms with van der Waals surface area (Å²) < 4.78 is 12.7. The van der Waals surface area contributed by atoms with Gasteiger partial charge in [-0.05, 0) is 38.0 Å². The molecular formula is C13H19FN2O. The first-order valence-electron chi connectivity index (χ1n) is 5.72. The highest BCUT2D eigenvalue weighted by atomic mass is 19.1. The molecule has 3 nitrogen and oxygen atoms in total. The summed E-state index contributed by atoms with van der Waals surface area (Å²) in [5.74, 6) is -0.485. The van der Waals surface area contributed by atoms with Crippen molar-refractivity contribution in [2.24, 2.45) is 5.73 Å². The van der Waals surface area contributed by atoms with Crippen LogP contribution >= 0.6 is 0 Å². The molecule has 2 atom stereocenters. The zero-order valence-corrected chi connectivity index (χ0v) is 10.5. The average Bonchev–Trinajstić information content (AvgIpc) is 2.29. The van der Waals surface area contributed by atoms with E-state index in [2.05, 4.69) is 5.32 Å². The number of nitrogens with one attached hydrogen (secondary N) is 1. The van der Waals surface area contributed by atoms with Crippen molar-refractivity contribution >= 4 is 5.91 Å². The minimum atomic E-state index is -0.867. The molecule has 4 heteroatoms. The Hall–Kier alpha value is -1.42. The van der Waals surface area contributed by atoms with Crippen LogP contribution in [0.1, 0.15) is 38.8 Å². The molecule has 1 aromatic carbocycles. The first-order chi connectivity index (χ1) is 7.86. The summed E-state index contributed by atoms with van der Waals surface area (Å²) in [5.41, 5.74) is 5.82. The van der Waals surface area contributed by atoms with Crippen LogP contribution in [0.4, 0.5) is 4.39 Å². The molecule has 0 aliphatic rings. The van der Waals surface area contributed by atoms with Crippen molar-refractivity contribution in [2.75, 3.05) is 0 Å². The summed E-state index contributed by atoms with van der Waals surface area (Å²) in [6.07, 6.45) is 0.564. The molecule has 0 fully saturated rings. The van der Waals surface area contributed by atoms with Crippen LogP contribution in [0.25, 0.3) is 0 Å². The standard InChI is InChI=1S/C13H19FN2O/c1-4-13(3,15)12(17)16-9(2)10-5-7-11(14)8-6-10/h5-9H,4,15H2,1-3H3,(H,16,17). The van der Waals surface area contributed by atoms with Crippen LogP contribution < -0.4 is 11.1 Å². The van der Waals surface area contributed by atoms with E-state index in [-0.39, 0.29) is 17.8 Å². The fraction of sp³-hybridized carbons (Fsp3) is 0.462. The van der Waals surface area contributed by atoms with E-state index in [0.29, 0.717) is 6.42 Å². The van der Waals surface area contributed by atoms with Crippen molar-refractivity contribution in [2.45, 2.75) is 38.8 Å². The molecule has 17 heavy (non-hydrogen) atoms. The molecule has 3 N–H and O–H groups in total. The molecule has 94 valence electrons. The smallest absolute Gasteiger partial charge is 0.240 e. The Morgan fingerprint density at radius 2 is 2.00 bits per heavy atom. The highest BCUT2D eigenvalue weighted by molar-refractivity contribution is 5.85. The SMILES string of the molecule is CCC(C)(N)C(=O)NC(C)c1ccc(F)cc1. The highest BCUT2D eigenvalue weighted by Crippen LogP contribution is 2.14. The van der Waals surface area contributed by atoms with Gasteiger partial charge in [0.25, 0.3) is 0 Å². The normalized spacial score (nSPS) is 16.1. The Balaban J connectivity index is 2.70. The molecule has 1 amide bonds. The number of halogens is 1. The molecule has 0 heterocycles. The van der Waals surface area contributed by atoms with Gasteiger partial charge in [-0.1, -0.05) is 19.1 Å². The monoisotopic (exact) mass is 238 g/mol. The topological polar surface area (TPSA) is 55.1 Å². The molecule has 2 unspecified atom stereocenters. The lowest BCUT2D eigenvalue weighted by molar-refractivity contribution is -0.126. The highest BCUT2D eigenvalue weighted by Gasteiger charge is 2.27. The quantitative estimate of drug-likeness (QED) is 0.844. The summed E-state index contributed by atoms with van der Waals surface area (Å²) >= 11 is 0. The maximum atomic E-state index is 12.7. The summed E-state index contributed by atoms with van der Waals surface area (Å²) in [7, 11) is 0. The number of hydrogen-bond donors (Lipinski definition) is 2. The Labute approximate surface area is 101 Å². The van der Waals surface area contributed by atoms with Gasteiger partial charge in [0.15, 0.2) is 0 Å². The number of rotatable bonds is 4. The van der Waals surface area contributed by atoms with Crippen molar-refractivity contribution in [1.29, 1.82) is 0 Å².